The topological polar surface area (TPSA) is 56.8 Å². The Hall–Kier alpha value is -1.92. The molecular weight excluding hydrogens is 410 g/mol. The number of hydrogen-bond acceptors (Lipinski definition) is 4. The van der Waals surface area contributed by atoms with Gasteiger partial charge in [0.15, 0.2) is 11.5 Å². The number of anilines is 1. The number of nitrogens with one attached hydrogen (secondary N) is 1. The van der Waals surface area contributed by atoms with Gasteiger partial charge in [0.05, 0.1) is 31.0 Å². The molecule has 0 unspecified atom stereocenters. The standard InChI is InChI=1S/C18H19BrClNO4/c1-5-25-16-8-11(7-12(19)17(16)24-4)18(22)21-14-6-10(2)13(20)9-15(14)23-3/h6-9H,5H2,1-4H3,(H,21,22). The van der Waals surface area contributed by atoms with Gasteiger partial charge in [0.25, 0.3) is 5.91 Å². The van der Waals surface area contributed by atoms with Crippen LogP contribution in [0.2, 0.25) is 5.02 Å². The van der Waals surface area contributed by atoms with Crippen molar-refractivity contribution in [1.82, 2.24) is 0 Å². The monoisotopic (exact) mass is 427 g/mol. The van der Waals surface area contributed by atoms with E-state index in [0.717, 1.165) is 5.56 Å². The van der Waals surface area contributed by atoms with Crippen LogP contribution in [0.5, 0.6) is 17.2 Å². The number of hydrogen-bond donors (Lipinski definition) is 1. The van der Waals surface area contributed by atoms with Crippen molar-refractivity contribution < 1.29 is 19.0 Å². The molecule has 0 saturated carbocycles. The minimum atomic E-state index is -0.302. The van der Waals surface area contributed by atoms with E-state index in [1.165, 1.54) is 7.11 Å². The van der Waals surface area contributed by atoms with Crippen molar-refractivity contribution >= 4 is 39.1 Å². The van der Waals surface area contributed by atoms with Gasteiger partial charge >= 0.3 is 0 Å². The number of aryl methyl sites for hydroxylation is 1. The third-order valence-corrected chi connectivity index (χ3v) is 4.50. The van der Waals surface area contributed by atoms with Crippen molar-refractivity contribution in [3.63, 3.8) is 0 Å². The van der Waals surface area contributed by atoms with Crippen LogP contribution in [0.25, 0.3) is 0 Å². The number of rotatable bonds is 6. The van der Waals surface area contributed by atoms with Crippen molar-refractivity contribution in [2.45, 2.75) is 13.8 Å². The van der Waals surface area contributed by atoms with Crippen LogP contribution in [0.3, 0.4) is 0 Å². The summed E-state index contributed by atoms with van der Waals surface area (Å²) in [5, 5.41) is 3.41. The number of methoxy groups -OCH3 is 2. The highest BCUT2D eigenvalue weighted by Gasteiger charge is 2.17. The van der Waals surface area contributed by atoms with E-state index in [0.29, 0.717) is 44.6 Å². The predicted molar refractivity (Wildman–Crippen MR) is 103 cm³/mol. The molecule has 0 heterocycles. The van der Waals surface area contributed by atoms with Gasteiger partial charge in [-0.05, 0) is 53.5 Å². The van der Waals surface area contributed by atoms with Crippen molar-refractivity contribution in [2.24, 2.45) is 0 Å². The zero-order chi connectivity index (χ0) is 18.6. The lowest BCUT2D eigenvalue weighted by molar-refractivity contribution is 0.102. The Kier molecular flexibility index (Phi) is 6.56. The van der Waals surface area contributed by atoms with E-state index in [2.05, 4.69) is 21.2 Å². The van der Waals surface area contributed by atoms with E-state index in [-0.39, 0.29) is 5.91 Å². The first-order valence-corrected chi connectivity index (χ1v) is 8.74. The summed E-state index contributed by atoms with van der Waals surface area (Å²) in [6.07, 6.45) is 0. The predicted octanol–water partition coefficient (Wildman–Crippen LogP) is 5.08. The lowest BCUT2D eigenvalue weighted by atomic mass is 10.1. The molecule has 25 heavy (non-hydrogen) atoms. The van der Waals surface area contributed by atoms with Crippen LogP contribution < -0.4 is 19.5 Å². The average molecular weight is 429 g/mol. The van der Waals surface area contributed by atoms with Crippen molar-refractivity contribution in [3.05, 3.63) is 44.9 Å². The first kappa shape index (κ1) is 19.4. The van der Waals surface area contributed by atoms with Crippen LogP contribution in [-0.2, 0) is 0 Å². The molecule has 0 atom stereocenters. The summed E-state index contributed by atoms with van der Waals surface area (Å²) in [4.78, 5) is 12.7. The molecule has 0 fully saturated rings. The van der Waals surface area contributed by atoms with E-state index in [9.17, 15) is 4.79 Å². The lowest BCUT2D eigenvalue weighted by Crippen LogP contribution is -2.13. The Bertz CT molecular complexity index is 795. The Balaban J connectivity index is 2.37. The van der Waals surface area contributed by atoms with Crippen molar-refractivity contribution in [1.29, 1.82) is 0 Å². The molecule has 0 bridgehead atoms. The maximum Gasteiger partial charge on any atom is 0.255 e. The first-order chi connectivity index (χ1) is 11.9. The summed E-state index contributed by atoms with van der Waals surface area (Å²) in [5.41, 5.74) is 1.80. The Labute approximate surface area is 160 Å². The second-order valence-corrected chi connectivity index (χ2v) is 6.44. The SMILES string of the molecule is CCOc1cc(C(=O)Nc2cc(C)c(Cl)cc2OC)cc(Br)c1OC. The largest absolute Gasteiger partial charge is 0.495 e. The first-order valence-electron chi connectivity index (χ1n) is 7.57. The maximum absolute atomic E-state index is 12.7. The third-order valence-electron chi connectivity index (χ3n) is 3.50. The molecule has 5 nitrogen and oxygen atoms in total. The van der Waals surface area contributed by atoms with Gasteiger partial charge in [0.2, 0.25) is 0 Å². The lowest BCUT2D eigenvalue weighted by Gasteiger charge is -2.15. The number of ether oxygens (including phenoxy) is 3. The Morgan fingerprint density at radius 3 is 2.48 bits per heavy atom. The number of carbonyl (C=O) groups excluding carboxylic acids is 1. The van der Waals surface area contributed by atoms with Crippen LogP contribution in [0.15, 0.2) is 28.7 Å². The summed E-state index contributed by atoms with van der Waals surface area (Å²) >= 11 is 9.50. The van der Waals surface area contributed by atoms with Crippen molar-refractivity contribution in [2.75, 3.05) is 26.1 Å². The summed E-state index contributed by atoms with van der Waals surface area (Å²) in [7, 11) is 3.07. The van der Waals surface area contributed by atoms with Crippen LogP contribution in [0.4, 0.5) is 5.69 Å². The van der Waals surface area contributed by atoms with E-state index >= 15 is 0 Å². The highest BCUT2D eigenvalue weighted by atomic mass is 79.9. The molecule has 1 amide bonds. The molecule has 7 heteroatoms. The van der Waals surface area contributed by atoms with Crippen LogP contribution >= 0.6 is 27.5 Å². The third kappa shape index (κ3) is 4.38. The minimum absolute atomic E-state index is 0.302. The molecule has 0 aromatic heterocycles. The summed E-state index contributed by atoms with van der Waals surface area (Å²) in [5.74, 6) is 1.22. The normalized spacial score (nSPS) is 10.3. The van der Waals surface area contributed by atoms with Gasteiger partial charge in [-0.1, -0.05) is 11.6 Å². The van der Waals surface area contributed by atoms with Crippen LogP contribution in [0.1, 0.15) is 22.8 Å². The second-order valence-electron chi connectivity index (χ2n) is 5.18. The zero-order valence-corrected chi connectivity index (χ0v) is 16.7. The summed E-state index contributed by atoms with van der Waals surface area (Å²) < 4.78 is 16.8. The smallest absolute Gasteiger partial charge is 0.255 e. The highest BCUT2D eigenvalue weighted by Crippen LogP contribution is 2.37. The second kappa shape index (κ2) is 8.45. The molecule has 0 aliphatic rings. The molecule has 2 rings (SSSR count). The quantitative estimate of drug-likeness (QED) is 0.697. The molecular formula is C18H19BrClNO4. The molecule has 1 N–H and O–H groups in total. The molecule has 0 aliphatic heterocycles. The van der Waals surface area contributed by atoms with E-state index in [4.69, 9.17) is 25.8 Å². The van der Waals surface area contributed by atoms with Crippen LogP contribution in [0, 0.1) is 6.92 Å². The van der Waals surface area contributed by atoms with Gasteiger partial charge in [-0.3, -0.25) is 4.79 Å². The molecule has 0 saturated heterocycles. The molecule has 0 radical (unpaired) electrons. The van der Waals surface area contributed by atoms with Gasteiger partial charge in [0, 0.05) is 16.7 Å². The molecule has 2 aromatic carbocycles. The fourth-order valence-electron chi connectivity index (χ4n) is 2.28. The number of carbonyl (C=O) groups is 1. The minimum Gasteiger partial charge on any atom is -0.495 e. The van der Waals surface area contributed by atoms with Gasteiger partial charge in [0.1, 0.15) is 5.75 Å². The number of benzene rings is 2. The number of halogens is 2. The average Bonchev–Trinajstić information content (AvgIpc) is 2.57. The summed E-state index contributed by atoms with van der Waals surface area (Å²) in [6.45, 7) is 4.17. The summed E-state index contributed by atoms with van der Waals surface area (Å²) in [6, 6.07) is 6.74. The van der Waals surface area contributed by atoms with E-state index in [1.54, 1.807) is 31.4 Å². The highest BCUT2D eigenvalue weighted by molar-refractivity contribution is 9.10. The van der Waals surface area contributed by atoms with Gasteiger partial charge < -0.3 is 19.5 Å². The van der Waals surface area contributed by atoms with E-state index < -0.39 is 0 Å². The zero-order valence-electron chi connectivity index (χ0n) is 14.4. The molecule has 2 aromatic rings. The van der Waals surface area contributed by atoms with E-state index in [1.807, 2.05) is 13.8 Å². The molecule has 0 spiro atoms. The van der Waals surface area contributed by atoms with Gasteiger partial charge in [-0.2, -0.15) is 0 Å². The Morgan fingerprint density at radius 2 is 1.88 bits per heavy atom. The molecule has 0 aliphatic carbocycles. The van der Waals surface area contributed by atoms with Crippen molar-refractivity contribution in [3.8, 4) is 17.2 Å². The fraction of sp³-hybridized carbons (Fsp3) is 0.278. The maximum atomic E-state index is 12.7. The number of amides is 1. The van der Waals surface area contributed by atoms with Crippen LogP contribution in [-0.4, -0.2) is 26.7 Å². The van der Waals surface area contributed by atoms with Gasteiger partial charge in [-0.15, -0.1) is 0 Å². The molecule has 134 valence electrons. The van der Waals surface area contributed by atoms with Gasteiger partial charge in [-0.25, -0.2) is 0 Å². The fourth-order valence-corrected chi connectivity index (χ4v) is 3.04. The Morgan fingerprint density at radius 1 is 1.16 bits per heavy atom.